The molecule has 3 nitrogen and oxygen atoms in total. The second kappa shape index (κ2) is 7.14. The van der Waals surface area contributed by atoms with Crippen molar-refractivity contribution in [1.82, 2.24) is 9.88 Å². The minimum atomic E-state index is 0.319. The van der Waals surface area contributed by atoms with Crippen LogP contribution in [0.2, 0.25) is 0 Å². The zero-order chi connectivity index (χ0) is 16.6. The van der Waals surface area contributed by atoms with Gasteiger partial charge in [0.1, 0.15) is 4.34 Å². The number of aryl methyl sites for hydroxylation is 1. The van der Waals surface area contributed by atoms with E-state index in [1.165, 1.54) is 25.7 Å². The summed E-state index contributed by atoms with van der Waals surface area (Å²) in [6, 6.07) is 0.944. The van der Waals surface area contributed by atoms with Gasteiger partial charge in [-0.15, -0.1) is 11.3 Å². The molecule has 1 unspecified atom stereocenters. The Morgan fingerprint density at radius 3 is 2.57 bits per heavy atom. The zero-order valence-electron chi connectivity index (χ0n) is 14.7. The number of carbonyl (C=O) groups excluding carboxylic acids is 1. The first-order valence-electron chi connectivity index (χ1n) is 8.86. The molecule has 1 aromatic rings. The van der Waals surface area contributed by atoms with Crippen molar-refractivity contribution >= 4 is 29.0 Å². The lowest BCUT2D eigenvalue weighted by molar-refractivity contribution is -0.133. The van der Waals surface area contributed by atoms with Gasteiger partial charge in [0.05, 0.1) is 12.1 Å². The van der Waals surface area contributed by atoms with E-state index >= 15 is 0 Å². The highest BCUT2D eigenvalue weighted by Gasteiger charge is 2.41. The SMILES string of the molecule is Cc1nc(SCC(C)C)sc1CC(=O)N(C1CC1)C(C)C1CC1. The van der Waals surface area contributed by atoms with Crippen LogP contribution in [-0.2, 0) is 11.2 Å². The van der Waals surface area contributed by atoms with E-state index in [9.17, 15) is 4.79 Å². The van der Waals surface area contributed by atoms with Crippen molar-refractivity contribution < 1.29 is 4.79 Å². The fraction of sp³-hybridized carbons (Fsp3) is 0.778. The fourth-order valence-electron chi connectivity index (χ4n) is 3.02. The third kappa shape index (κ3) is 4.50. The maximum Gasteiger partial charge on any atom is 0.228 e. The van der Waals surface area contributed by atoms with Crippen LogP contribution in [0.4, 0.5) is 0 Å². The fourth-order valence-corrected chi connectivity index (χ4v) is 5.22. The van der Waals surface area contributed by atoms with E-state index in [2.05, 4.69) is 30.7 Å². The van der Waals surface area contributed by atoms with E-state index in [4.69, 9.17) is 0 Å². The summed E-state index contributed by atoms with van der Waals surface area (Å²) in [5.41, 5.74) is 1.05. The zero-order valence-corrected chi connectivity index (χ0v) is 16.3. The first-order chi connectivity index (χ1) is 11.0. The average Bonchev–Trinajstić information content (AvgIpc) is 3.36. The normalized spacial score (nSPS) is 19.2. The van der Waals surface area contributed by atoms with Crippen molar-refractivity contribution in [2.75, 3.05) is 5.75 Å². The van der Waals surface area contributed by atoms with Gasteiger partial charge in [0.2, 0.25) is 5.91 Å². The van der Waals surface area contributed by atoms with Crippen molar-refractivity contribution in [2.24, 2.45) is 11.8 Å². The number of amides is 1. The van der Waals surface area contributed by atoms with Crippen molar-refractivity contribution in [2.45, 2.75) is 76.2 Å². The van der Waals surface area contributed by atoms with Gasteiger partial charge >= 0.3 is 0 Å². The second-order valence-corrected chi connectivity index (χ2v) is 9.83. The largest absolute Gasteiger partial charge is 0.336 e. The number of thioether (sulfide) groups is 1. The molecule has 0 aromatic carbocycles. The quantitative estimate of drug-likeness (QED) is 0.644. The number of hydrogen-bond acceptors (Lipinski definition) is 4. The topological polar surface area (TPSA) is 33.2 Å². The summed E-state index contributed by atoms with van der Waals surface area (Å²) in [6.45, 7) is 8.75. The third-order valence-electron chi connectivity index (χ3n) is 4.70. The van der Waals surface area contributed by atoms with Crippen LogP contribution in [0.3, 0.4) is 0 Å². The highest BCUT2D eigenvalue weighted by Crippen LogP contribution is 2.40. The Morgan fingerprint density at radius 1 is 1.30 bits per heavy atom. The Balaban J connectivity index is 1.64. The Bertz CT molecular complexity index is 561. The summed E-state index contributed by atoms with van der Waals surface area (Å²) in [4.78, 5) is 20.9. The minimum absolute atomic E-state index is 0.319. The van der Waals surface area contributed by atoms with Crippen LogP contribution >= 0.6 is 23.1 Å². The highest BCUT2D eigenvalue weighted by atomic mass is 32.2. The molecule has 0 N–H and O–H groups in total. The van der Waals surface area contributed by atoms with Crippen LogP contribution in [0, 0.1) is 18.8 Å². The van der Waals surface area contributed by atoms with Gasteiger partial charge in [-0.05, 0) is 51.4 Å². The van der Waals surface area contributed by atoms with E-state index in [1.807, 2.05) is 18.7 Å². The van der Waals surface area contributed by atoms with Gasteiger partial charge in [0, 0.05) is 22.7 Å². The lowest BCUT2D eigenvalue weighted by Gasteiger charge is -2.29. The predicted molar refractivity (Wildman–Crippen MR) is 98.2 cm³/mol. The lowest BCUT2D eigenvalue weighted by Crippen LogP contribution is -2.42. The molecule has 0 saturated heterocycles. The summed E-state index contributed by atoms with van der Waals surface area (Å²) in [7, 11) is 0. The third-order valence-corrected chi connectivity index (χ3v) is 7.42. The monoisotopic (exact) mass is 352 g/mol. The van der Waals surface area contributed by atoms with E-state index < -0.39 is 0 Å². The van der Waals surface area contributed by atoms with Crippen molar-refractivity contribution in [3.05, 3.63) is 10.6 Å². The van der Waals surface area contributed by atoms with Gasteiger partial charge in [-0.1, -0.05) is 25.6 Å². The number of hydrogen-bond donors (Lipinski definition) is 0. The number of aromatic nitrogens is 1. The lowest BCUT2D eigenvalue weighted by atomic mass is 10.1. The molecule has 2 saturated carbocycles. The average molecular weight is 353 g/mol. The van der Waals surface area contributed by atoms with Gasteiger partial charge < -0.3 is 4.90 Å². The van der Waals surface area contributed by atoms with E-state index in [0.29, 0.717) is 30.3 Å². The molecule has 1 heterocycles. The van der Waals surface area contributed by atoms with Crippen molar-refractivity contribution in [1.29, 1.82) is 0 Å². The van der Waals surface area contributed by atoms with Crippen molar-refractivity contribution in [3.8, 4) is 0 Å². The number of carbonyl (C=O) groups is 1. The van der Waals surface area contributed by atoms with Crippen LogP contribution in [0.1, 0.15) is 57.0 Å². The van der Waals surface area contributed by atoms with Crippen LogP contribution in [0.5, 0.6) is 0 Å². The first kappa shape index (κ1) is 17.3. The first-order valence-corrected chi connectivity index (χ1v) is 10.7. The molecule has 1 aromatic heterocycles. The van der Waals surface area contributed by atoms with Crippen LogP contribution in [0.25, 0.3) is 0 Å². The minimum Gasteiger partial charge on any atom is -0.336 e. The van der Waals surface area contributed by atoms with E-state index in [1.54, 1.807) is 11.3 Å². The molecule has 1 amide bonds. The molecule has 5 heteroatoms. The molecule has 128 valence electrons. The summed E-state index contributed by atoms with van der Waals surface area (Å²) in [5, 5.41) is 0. The summed E-state index contributed by atoms with van der Waals surface area (Å²) < 4.78 is 1.12. The van der Waals surface area contributed by atoms with E-state index in [0.717, 1.165) is 26.6 Å². The Kier molecular flexibility index (Phi) is 5.36. The van der Waals surface area contributed by atoms with Gasteiger partial charge in [-0.25, -0.2) is 4.98 Å². The molecule has 0 spiro atoms. The number of nitrogens with zero attached hydrogens (tertiary/aromatic N) is 2. The molecule has 3 rings (SSSR count). The molecule has 0 radical (unpaired) electrons. The Labute approximate surface area is 148 Å². The summed E-state index contributed by atoms with van der Waals surface area (Å²) in [6.07, 6.45) is 5.53. The second-order valence-electron chi connectivity index (χ2n) is 7.48. The smallest absolute Gasteiger partial charge is 0.228 e. The summed E-state index contributed by atoms with van der Waals surface area (Å²) in [5.74, 6) is 2.82. The number of rotatable bonds is 8. The van der Waals surface area contributed by atoms with Crippen LogP contribution in [-0.4, -0.2) is 33.6 Å². The molecule has 2 aliphatic rings. The molecular formula is C18H28N2OS2. The Morgan fingerprint density at radius 2 is 2.00 bits per heavy atom. The van der Waals surface area contributed by atoms with E-state index in [-0.39, 0.29) is 0 Å². The maximum atomic E-state index is 12.9. The van der Waals surface area contributed by atoms with Gasteiger partial charge in [0.15, 0.2) is 0 Å². The van der Waals surface area contributed by atoms with Crippen molar-refractivity contribution in [3.63, 3.8) is 0 Å². The van der Waals surface area contributed by atoms with Gasteiger partial charge in [-0.2, -0.15) is 0 Å². The van der Waals surface area contributed by atoms with Gasteiger partial charge in [-0.3, -0.25) is 4.79 Å². The molecule has 0 bridgehead atoms. The van der Waals surface area contributed by atoms with Crippen LogP contribution in [0.15, 0.2) is 4.34 Å². The maximum absolute atomic E-state index is 12.9. The highest BCUT2D eigenvalue weighted by molar-refractivity contribution is 8.01. The molecule has 0 aliphatic heterocycles. The molecular weight excluding hydrogens is 324 g/mol. The standard InChI is InChI=1S/C18H28N2OS2/c1-11(2)10-22-18-19-12(3)16(23-18)9-17(21)20(15-7-8-15)13(4)14-5-6-14/h11,13-15H,5-10H2,1-4H3. The molecule has 23 heavy (non-hydrogen) atoms. The number of thiazole rings is 1. The van der Waals surface area contributed by atoms with Crippen LogP contribution < -0.4 is 0 Å². The Hall–Kier alpha value is -0.550. The molecule has 1 atom stereocenters. The van der Waals surface area contributed by atoms with Gasteiger partial charge in [0.25, 0.3) is 0 Å². The molecule has 2 fully saturated rings. The summed E-state index contributed by atoms with van der Waals surface area (Å²) >= 11 is 3.54. The molecule has 2 aliphatic carbocycles. The predicted octanol–water partition coefficient (Wildman–Crippen LogP) is 4.53.